The lowest BCUT2D eigenvalue weighted by atomic mass is 9.72. The van der Waals surface area contributed by atoms with Crippen LogP contribution in [0.25, 0.3) is 0 Å². The Morgan fingerprint density at radius 3 is 2.38 bits per heavy atom. The Bertz CT molecular complexity index is 376. The number of carboxylic acid groups (broad SMARTS) is 1. The Hall–Kier alpha value is -1.79. The number of ether oxygens (including phenoxy) is 2. The number of carbonyl (C=O) groups excluding carboxylic acids is 2. The Labute approximate surface area is 124 Å². The number of amides is 1. The number of nitrogens with one attached hydrogen (secondary N) is 1. The quantitative estimate of drug-likeness (QED) is 0.551. The van der Waals surface area contributed by atoms with Gasteiger partial charge in [-0.2, -0.15) is 0 Å². The van der Waals surface area contributed by atoms with E-state index in [1.165, 1.54) is 0 Å². The summed E-state index contributed by atoms with van der Waals surface area (Å²) >= 11 is 0. The van der Waals surface area contributed by atoms with Gasteiger partial charge in [0.05, 0.1) is 6.42 Å². The first kappa shape index (κ1) is 17.3. The van der Waals surface area contributed by atoms with E-state index >= 15 is 0 Å². The van der Waals surface area contributed by atoms with Crippen molar-refractivity contribution in [1.29, 1.82) is 0 Å². The van der Waals surface area contributed by atoms with Crippen molar-refractivity contribution in [3.63, 3.8) is 0 Å². The van der Waals surface area contributed by atoms with Gasteiger partial charge < -0.3 is 19.9 Å². The van der Waals surface area contributed by atoms with Crippen LogP contribution in [0.4, 0.5) is 4.79 Å². The molecule has 1 aliphatic rings. The van der Waals surface area contributed by atoms with Crippen LogP contribution in [-0.4, -0.2) is 36.5 Å². The molecule has 0 saturated heterocycles. The topological polar surface area (TPSA) is 102 Å². The molecule has 0 heterocycles. The van der Waals surface area contributed by atoms with E-state index in [2.05, 4.69) is 10.1 Å². The highest BCUT2D eigenvalue weighted by atomic mass is 16.7. The van der Waals surface area contributed by atoms with Crippen molar-refractivity contribution in [2.45, 2.75) is 51.9 Å². The lowest BCUT2D eigenvalue weighted by molar-refractivity contribution is -0.151. The van der Waals surface area contributed by atoms with Crippen LogP contribution in [0, 0.1) is 5.41 Å². The molecule has 1 amide bonds. The van der Waals surface area contributed by atoms with Crippen LogP contribution in [0.15, 0.2) is 0 Å². The van der Waals surface area contributed by atoms with E-state index in [-0.39, 0.29) is 19.4 Å². The highest BCUT2D eigenvalue weighted by Gasteiger charge is 2.34. The first-order chi connectivity index (χ1) is 9.97. The van der Waals surface area contributed by atoms with Gasteiger partial charge in [-0.25, -0.2) is 4.79 Å². The first-order valence-corrected chi connectivity index (χ1v) is 7.25. The van der Waals surface area contributed by atoms with Gasteiger partial charge in [0.1, 0.15) is 0 Å². The van der Waals surface area contributed by atoms with Gasteiger partial charge in [-0.3, -0.25) is 9.59 Å². The number of hydrogen-bond acceptors (Lipinski definition) is 5. The standard InChI is InChI=1S/C14H23NO6/c1-2-12(18)20-10-21-13(19)15-9-14(8-11(16)17)6-4-3-5-7-14/h2-10H2,1H3,(H,15,19)(H,16,17). The molecular formula is C14H23NO6. The fourth-order valence-corrected chi connectivity index (χ4v) is 2.60. The minimum absolute atomic E-state index is 0.0398. The number of carboxylic acids is 1. The van der Waals surface area contributed by atoms with E-state index in [0.29, 0.717) is 0 Å². The van der Waals surface area contributed by atoms with E-state index in [1.807, 2.05) is 0 Å². The van der Waals surface area contributed by atoms with Crippen molar-refractivity contribution in [3.05, 3.63) is 0 Å². The zero-order valence-corrected chi connectivity index (χ0v) is 12.4. The van der Waals surface area contributed by atoms with E-state index < -0.39 is 30.2 Å². The van der Waals surface area contributed by atoms with Gasteiger partial charge in [-0.1, -0.05) is 26.2 Å². The van der Waals surface area contributed by atoms with E-state index in [1.54, 1.807) is 6.92 Å². The summed E-state index contributed by atoms with van der Waals surface area (Å²) in [5, 5.41) is 11.6. The molecular weight excluding hydrogens is 278 g/mol. The summed E-state index contributed by atoms with van der Waals surface area (Å²) < 4.78 is 9.34. The van der Waals surface area contributed by atoms with Crippen LogP contribution in [0.3, 0.4) is 0 Å². The molecule has 7 heteroatoms. The van der Waals surface area contributed by atoms with Crippen molar-refractivity contribution in [2.24, 2.45) is 5.41 Å². The Kier molecular flexibility index (Phi) is 6.98. The predicted molar refractivity (Wildman–Crippen MR) is 73.5 cm³/mol. The third kappa shape index (κ3) is 6.46. The summed E-state index contributed by atoms with van der Waals surface area (Å²) in [7, 11) is 0. The molecule has 0 atom stereocenters. The van der Waals surface area contributed by atoms with Crippen molar-refractivity contribution in [3.8, 4) is 0 Å². The van der Waals surface area contributed by atoms with Crippen LogP contribution in [0.5, 0.6) is 0 Å². The molecule has 0 bridgehead atoms. The molecule has 7 nitrogen and oxygen atoms in total. The predicted octanol–water partition coefficient (Wildman–Crippen LogP) is 2.05. The molecule has 0 aromatic heterocycles. The highest BCUT2D eigenvalue weighted by molar-refractivity contribution is 5.70. The van der Waals surface area contributed by atoms with E-state index in [4.69, 9.17) is 9.84 Å². The minimum atomic E-state index is -0.857. The molecule has 1 saturated carbocycles. The second-order valence-corrected chi connectivity index (χ2v) is 5.40. The molecule has 2 N–H and O–H groups in total. The largest absolute Gasteiger partial charge is 0.481 e. The summed E-state index contributed by atoms with van der Waals surface area (Å²) in [4.78, 5) is 33.4. The molecule has 0 radical (unpaired) electrons. The fraction of sp³-hybridized carbons (Fsp3) is 0.786. The summed E-state index contributed by atoms with van der Waals surface area (Å²) in [6.45, 7) is 1.48. The van der Waals surface area contributed by atoms with Crippen molar-refractivity contribution >= 4 is 18.0 Å². The molecule has 1 fully saturated rings. The Morgan fingerprint density at radius 2 is 1.81 bits per heavy atom. The first-order valence-electron chi connectivity index (χ1n) is 7.25. The number of rotatable bonds is 7. The van der Waals surface area contributed by atoms with E-state index in [9.17, 15) is 14.4 Å². The number of alkyl carbamates (subject to hydrolysis) is 1. The van der Waals surface area contributed by atoms with Gasteiger partial charge in [0, 0.05) is 13.0 Å². The Morgan fingerprint density at radius 1 is 1.14 bits per heavy atom. The maximum Gasteiger partial charge on any atom is 0.410 e. The third-order valence-corrected chi connectivity index (χ3v) is 3.75. The minimum Gasteiger partial charge on any atom is -0.481 e. The zero-order chi connectivity index (χ0) is 15.7. The van der Waals surface area contributed by atoms with Crippen molar-refractivity contribution in [2.75, 3.05) is 13.3 Å². The molecule has 0 aromatic carbocycles. The molecule has 0 aliphatic heterocycles. The van der Waals surface area contributed by atoms with Gasteiger partial charge in [-0.05, 0) is 18.3 Å². The number of carbonyl (C=O) groups is 3. The van der Waals surface area contributed by atoms with Gasteiger partial charge in [0.25, 0.3) is 0 Å². The monoisotopic (exact) mass is 301 g/mol. The molecule has 21 heavy (non-hydrogen) atoms. The maximum absolute atomic E-state index is 11.5. The normalized spacial score (nSPS) is 16.8. The Balaban J connectivity index is 2.36. The SMILES string of the molecule is CCC(=O)OCOC(=O)NCC1(CC(=O)O)CCCCC1. The van der Waals surface area contributed by atoms with Gasteiger partial charge in [0.2, 0.25) is 6.79 Å². The molecule has 1 aliphatic carbocycles. The number of esters is 1. The van der Waals surface area contributed by atoms with Crippen LogP contribution in [-0.2, 0) is 19.1 Å². The lowest BCUT2D eigenvalue weighted by Gasteiger charge is -2.36. The van der Waals surface area contributed by atoms with Gasteiger partial charge in [-0.15, -0.1) is 0 Å². The molecule has 0 unspecified atom stereocenters. The summed E-state index contributed by atoms with van der Waals surface area (Å²) in [6.07, 6.45) is 4.16. The van der Waals surface area contributed by atoms with E-state index in [0.717, 1.165) is 32.1 Å². The third-order valence-electron chi connectivity index (χ3n) is 3.75. The summed E-state index contributed by atoms with van der Waals surface area (Å²) in [5.41, 5.74) is -0.400. The number of hydrogen-bond donors (Lipinski definition) is 2. The fourth-order valence-electron chi connectivity index (χ4n) is 2.60. The van der Waals surface area contributed by atoms with Gasteiger partial charge in [0.15, 0.2) is 0 Å². The maximum atomic E-state index is 11.5. The van der Waals surface area contributed by atoms with Gasteiger partial charge >= 0.3 is 18.0 Å². The highest BCUT2D eigenvalue weighted by Crippen LogP contribution is 2.38. The molecule has 120 valence electrons. The average Bonchev–Trinajstić information content (AvgIpc) is 2.45. The smallest absolute Gasteiger partial charge is 0.410 e. The lowest BCUT2D eigenvalue weighted by Crippen LogP contribution is -2.40. The van der Waals surface area contributed by atoms with Crippen molar-refractivity contribution in [1.82, 2.24) is 5.32 Å². The molecule has 0 aromatic rings. The average molecular weight is 301 g/mol. The second-order valence-electron chi connectivity index (χ2n) is 5.40. The van der Waals surface area contributed by atoms with Crippen molar-refractivity contribution < 1.29 is 29.0 Å². The summed E-state index contributed by atoms with van der Waals surface area (Å²) in [6, 6.07) is 0. The van der Waals surface area contributed by atoms with Crippen LogP contribution in [0.1, 0.15) is 51.9 Å². The molecule has 1 rings (SSSR count). The van der Waals surface area contributed by atoms with Crippen LogP contribution in [0.2, 0.25) is 0 Å². The summed E-state index contributed by atoms with van der Waals surface area (Å²) in [5.74, 6) is -1.30. The van der Waals surface area contributed by atoms with Crippen LogP contribution >= 0.6 is 0 Å². The number of aliphatic carboxylic acids is 1. The second kappa shape index (κ2) is 8.49. The molecule has 0 spiro atoms. The van der Waals surface area contributed by atoms with Crippen LogP contribution < -0.4 is 5.32 Å². The zero-order valence-electron chi connectivity index (χ0n) is 12.4.